The number of aliphatic imine (C=N–C) groups is 1. The van der Waals surface area contributed by atoms with Gasteiger partial charge >= 0.3 is 0 Å². The van der Waals surface area contributed by atoms with Crippen LogP contribution in [-0.2, 0) is 9.47 Å². The number of aliphatic hydroxyl groups is 1. The first kappa shape index (κ1) is 27.9. The van der Waals surface area contributed by atoms with Crippen molar-refractivity contribution in [3.05, 3.63) is 23.8 Å². The first-order chi connectivity index (χ1) is 15.6. The van der Waals surface area contributed by atoms with Gasteiger partial charge in [0.1, 0.15) is 17.6 Å². The van der Waals surface area contributed by atoms with Crippen LogP contribution in [0.1, 0.15) is 50.7 Å². The summed E-state index contributed by atoms with van der Waals surface area (Å²) in [7, 11) is 3.20. The molecule has 2 aliphatic rings. The summed E-state index contributed by atoms with van der Waals surface area (Å²) in [5, 5.41) is 14.1. The van der Waals surface area contributed by atoms with Crippen LogP contribution in [0.25, 0.3) is 0 Å². The summed E-state index contributed by atoms with van der Waals surface area (Å²) in [5.74, 6) is 2.12. The number of halogens is 1. The van der Waals surface area contributed by atoms with Gasteiger partial charge in [-0.2, -0.15) is 0 Å². The number of rotatable bonds is 9. The molecule has 2 saturated heterocycles. The average Bonchev–Trinajstić information content (AvgIpc) is 2.85. The molecule has 1 aromatic rings. The largest absolute Gasteiger partial charge is 0.497 e. The van der Waals surface area contributed by atoms with Crippen LogP contribution >= 0.6 is 24.0 Å². The molecule has 33 heavy (non-hydrogen) atoms. The summed E-state index contributed by atoms with van der Waals surface area (Å²) in [6.45, 7) is 6.38. The van der Waals surface area contributed by atoms with E-state index in [1.807, 2.05) is 6.07 Å². The normalized spacial score (nSPS) is 20.7. The van der Waals surface area contributed by atoms with Crippen LogP contribution in [-0.4, -0.2) is 81.8 Å². The van der Waals surface area contributed by atoms with Crippen LogP contribution in [0.5, 0.6) is 11.5 Å². The lowest BCUT2D eigenvalue weighted by Gasteiger charge is -2.35. The topological polar surface area (TPSA) is 84.8 Å². The van der Waals surface area contributed by atoms with Gasteiger partial charge in [-0.15, -0.1) is 24.0 Å². The van der Waals surface area contributed by atoms with Crippen molar-refractivity contribution in [1.82, 2.24) is 10.2 Å². The molecule has 3 rings (SSSR count). The Kier molecular flexibility index (Phi) is 12.6. The molecule has 0 amide bonds. The average molecular weight is 578 g/mol. The van der Waals surface area contributed by atoms with E-state index in [-0.39, 0.29) is 42.7 Å². The Bertz CT molecular complexity index is 722. The van der Waals surface area contributed by atoms with E-state index in [1.54, 1.807) is 26.4 Å². The van der Waals surface area contributed by atoms with E-state index in [0.29, 0.717) is 23.7 Å². The molecule has 2 aliphatic heterocycles. The summed E-state index contributed by atoms with van der Waals surface area (Å²) >= 11 is 0. The highest BCUT2D eigenvalue weighted by molar-refractivity contribution is 14.0. The molecule has 2 heterocycles. The molecular formula is C24H40IN3O5. The van der Waals surface area contributed by atoms with Crippen molar-refractivity contribution >= 4 is 29.9 Å². The molecule has 8 nitrogen and oxygen atoms in total. The molecule has 0 saturated carbocycles. The number of guanidine groups is 1. The Labute approximate surface area is 215 Å². The maximum atomic E-state index is 10.8. The summed E-state index contributed by atoms with van der Waals surface area (Å²) in [6, 6.07) is 5.41. The van der Waals surface area contributed by atoms with Gasteiger partial charge in [-0.05, 0) is 57.2 Å². The summed E-state index contributed by atoms with van der Waals surface area (Å²) in [4.78, 5) is 6.96. The van der Waals surface area contributed by atoms with E-state index in [9.17, 15) is 5.11 Å². The molecule has 188 valence electrons. The van der Waals surface area contributed by atoms with Crippen molar-refractivity contribution in [3.63, 3.8) is 0 Å². The highest BCUT2D eigenvalue weighted by atomic mass is 127. The molecule has 0 bridgehead atoms. The van der Waals surface area contributed by atoms with Crippen molar-refractivity contribution < 1.29 is 24.1 Å². The van der Waals surface area contributed by atoms with E-state index in [4.69, 9.17) is 23.9 Å². The maximum Gasteiger partial charge on any atom is 0.194 e. The standard InChI is InChI=1S/C24H39N3O5.HI/c1-4-25-24(26-16-22(28)21-15-19(29-2)8-9-23(21)30-3)27-12-10-18(11-13-27)32-17-20-7-5-6-14-31-20;/h8-9,15,18,20,22,28H,4-7,10-14,16-17H2,1-3H3,(H,25,26);1H. The first-order valence-corrected chi connectivity index (χ1v) is 11.8. The van der Waals surface area contributed by atoms with Gasteiger partial charge in [0.25, 0.3) is 0 Å². The van der Waals surface area contributed by atoms with Gasteiger partial charge in [-0.1, -0.05) is 0 Å². The maximum absolute atomic E-state index is 10.8. The third-order valence-electron chi connectivity index (χ3n) is 6.08. The third-order valence-corrected chi connectivity index (χ3v) is 6.08. The number of nitrogens with zero attached hydrogens (tertiary/aromatic N) is 2. The van der Waals surface area contributed by atoms with Gasteiger partial charge in [-0.3, -0.25) is 4.99 Å². The molecule has 2 fully saturated rings. The van der Waals surface area contributed by atoms with E-state index in [1.165, 1.54) is 12.8 Å². The zero-order valence-electron chi connectivity index (χ0n) is 20.1. The minimum Gasteiger partial charge on any atom is -0.497 e. The van der Waals surface area contributed by atoms with Gasteiger partial charge in [0.15, 0.2) is 5.96 Å². The lowest BCUT2D eigenvalue weighted by molar-refractivity contribution is -0.0721. The van der Waals surface area contributed by atoms with Crippen LogP contribution in [0.4, 0.5) is 0 Å². The Morgan fingerprint density at radius 3 is 2.64 bits per heavy atom. The van der Waals surface area contributed by atoms with Gasteiger partial charge < -0.3 is 34.3 Å². The van der Waals surface area contributed by atoms with Crippen molar-refractivity contribution in [2.24, 2.45) is 4.99 Å². The second-order valence-electron chi connectivity index (χ2n) is 8.33. The van der Waals surface area contributed by atoms with Crippen molar-refractivity contribution in [2.75, 3.05) is 53.6 Å². The molecule has 2 N–H and O–H groups in total. The second-order valence-corrected chi connectivity index (χ2v) is 8.33. The fourth-order valence-corrected chi connectivity index (χ4v) is 4.21. The zero-order valence-corrected chi connectivity index (χ0v) is 22.5. The van der Waals surface area contributed by atoms with Crippen LogP contribution in [0.3, 0.4) is 0 Å². The smallest absolute Gasteiger partial charge is 0.194 e. The van der Waals surface area contributed by atoms with Crippen LogP contribution < -0.4 is 14.8 Å². The highest BCUT2D eigenvalue weighted by Gasteiger charge is 2.24. The fourth-order valence-electron chi connectivity index (χ4n) is 4.21. The van der Waals surface area contributed by atoms with Crippen molar-refractivity contribution in [3.8, 4) is 11.5 Å². The Hall–Kier alpha value is -1.30. The van der Waals surface area contributed by atoms with Crippen molar-refractivity contribution in [1.29, 1.82) is 0 Å². The number of hydrogen-bond donors (Lipinski definition) is 2. The van der Waals surface area contributed by atoms with E-state index in [0.717, 1.165) is 51.5 Å². The Morgan fingerprint density at radius 1 is 1.21 bits per heavy atom. The molecule has 0 radical (unpaired) electrons. The van der Waals surface area contributed by atoms with Crippen molar-refractivity contribution in [2.45, 2.75) is 57.3 Å². The molecule has 9 heteroatoms. The predicted octanol–water partition coefficient (Wildman–Crippen LogP) is 3.37. The molecule has 1 aromatic carbocycles. The lowest BCUT2D eigenvalue weighted by atomic mass is 10.1. The third kappa shape index (κ3) is 8.45. The highest BCUT2D eigenvalue weighted by Crippen LogP contribution is 2.29. The van der Waals surface area contributed by atoms with Crippen LogP contribution in [0.2, 0.25) is 0 Å². The minimum absolute atomic E-state index is 0. The lowest BCUT2D eigenvalue weighted by Crippen LogP contribution is -2.47. The summed E-state index contributed by atoms with van der Waals surface area (Å²) in [6.07, 6.45) is 5.18. The second kappa shape index (κ2) is 14.9. The number of likely N-dealkylation sites (tertiary alicyclic amines) is 1. The first-order valence-electron chi connectivity index (χ1n) is 11.8. The van der Waals surface area contributed by atoms with E-state index in [2.05, 4.69) is 17.1 Å². The molecule has 2 unspecified atom stereocenters. The predicted molar refractivity (Wildman–Crippen MR) is 140 cm³/mol. The number of aliphatic hydroxyl groups excluding tert-OH is 1. The van der Waals surface area contributed by atoms with E-state index < -0.39 is 6.10 Å². The van der Waals surface area contributed by atoms with E-state index >= 15 is 0 Å². The fraction of sp³-hybridized carbons (Fsp3) is 0.708. The molecule has 2 atom stereocenters. The van der Waals surface area contributed by atoms with Crippen LogP contribution in [0.15, 0.2) is 23.2 Å². The summed E-state index contributed by atoms with van der Waals surface area (Å²) in [5.41, 5.74) is 0.670. The molecular weight excluding hydrogens is 537 g/mol. The van der Waals surface area contributed by atoms with Crippen LogP contribution in [0, 0.1) is 0 Å². The van der Waals surface area contributed by atoms with Gasteiger partial charge in [0, 0.05) is 31.8 Å². The molecule has 0 aliphatic carbocycles. The molecule has 0 spiro atoms. The number of ether oxygens (including phenoxy) is 4. The quantitative estimate of drug-likeness (QED) is 0.265. The van der Waals surface area contributed by atoms with Gasteiger partial charge in [0.05, 0.1) is 39.6 Å². The molecule has 0 aromatic heterocycles. The number of hydrogen-bond acceptors (Lipinski definition) is 6. The van der Waals surface area contributed by atoms with Gasteiger partial charge in [-0.25, -0.2) is 0 Å². The Morgan fingerprint density at radius 2 is 2.00 bits per heavy atom. The zero-order chi connectivity index (χ0) is 22.8. The van der Waals surface area contributed by atoms with Gasteiger partial charge in [0.2, 0.25) is 0 Å². The SMILES string of the molecule is CCNC(=NCC(O)c1cc(OC)ccc1OC)N1CCC(OCC2CCCCO2)CC1.I. The number of nitrogens with one attached hydrogen (secondary N) is 1. The Balaban J connectivity index is 0.00000385. The summed E-state index contributed by atoms with van der Waals surface area (Å²) < 4.78 is 22.6. The minimum atomic E-state index is -0.787. The number of benzene rings is 1. The monoisotopic (exact) mass is 577 g/mol. The number of methoxy groups -OCH3 is 2. The number of piperidine rings is 1.